The van der Waals surface area contributed by atoms with E-state index in [2.05, 4.69) is 10.3 Å². The minimum atomic E-state index is -0.213. The number of nitrogens with one attached hydrogen (secondary N) is 1. The van der Waals surface area contributed by atoms with Crippen molar-refractivity contribution in [2.45, 2.75) is 12.8 Å². The molecule has 1 heterocycles. The van der Waals surface area contributed by atoms with Crippen LogP contribution in [-0.2, 0) is 12.9 Å². The SMILES string of the molecule is CCOc1ccc(NC(=O)c2cncn2C)cc1CCl. The first kappa shape index (κ1) is 14.4. The van der Waals surface area contributed by atoms with Gasteiger partial charge in [0.25, 0.3) is 5.91 Å². The number of amides is 1. The third-order valence-corrected chi connectivity index (χ3v) is 3.10. The number of benzene rings is 1. The van der Waals surface area contributed by atoms with Crippen LogP contribution in [0.2, 0.25) is 0 Å². The fraction of sp³-hybridized carbons (Fsp3) is 0.286. The Morgan fingerprint density at radius 3 is 2.90 bits per heavy atom. The van der Waals surface area contributed by atoms with Crippen molar-refractivity contribution in [3.05, 3.63) is 42.0 Å². The smallest absolute Gasteiger partial charge is 0.273 e. The standard InChI is InChI=1S/C14H16ClN3O2/c1-3-20-13-5-4-11(6-10(13)7-15)17-14(19)12-8-16-9-18(12)2/h4-6,8-9H,3,7H2,1-2H3,(H,17,19). The van der Waals surface area contributed by atoms with Gasteiger partial charge < -0.3 is 14.6 Å². The van der Waals surface area contributed by atoms with Crippen molar-refractivity contribution < 1.29 is 9.53 Å². The van der Waals surface area contributed by atoms with Gasteiger partial charge in [-0.1, -0.05) is 0 Å². The summed E-state index contributed by atoms with van der Waals surface area (Å²) in [5.41, 5.74) is 2.01. The van der Waals surface area contributed by atoms with E-state index in [0.29, 0.717) is 23.9 Å². The van der Waals surface area contributed by atoms with Gasteiger partial charge in [0, 0.05) is 18.3 Å². The highest BCUT2D eigenvalue weighted by Gasteiger charge is 2.11. The van der Waals surface area contributed by atoms with Crippen molar-refractivity contribution in [2.75, 3.05) is 11.9 Å². The number of hydrogen-bond acceptors (Lipinski definition) is 3. The molecule has 1 amide bonds. The van der Waals surface area contributed by atoms with Gasteiger partial charge in [0.1, 0.15) is 11.4 Å². The summed E-state index contributed by atoms with van der Waals surface area (Å²) in [5, 5.41) is 2.82. The van der Waals surface area contributed by atoms with Crippen molar-refractivity contribution in [3.63, 3.8) is 0 Å². The Bertz CT molecular complexity index is 610. The van der Waals surface area contributed by atoms with Gasteiger partial charge in [-0.15, -0.1) is 11.6 Å². The molecule has 0 aliphatic rings. The number of carbonyl (C=O) groups excluding carboxylic acids is 1. The fourth-order valence-corrected chi connectivity index (χ4v) is 2.04. The lowest BCUT2D eigenvalue weighted by atomic mass is 10.2. The second kappa shape index (κ2) is 6.43. The summed E-state index contributed by atoms with van der Waals surface area (Å²) in [6.45, 7) is 2.49. The minimum Gasteiger partial charge on any atom is -0.494 e. The molecular formula is C14H16ClN3O2. The molecule has 0 aliphatic heterocycles. The first-order chi connectivity index (χ1) is 9.65. The molecule has 20 heavy (non-hydrogen) atoms. The van der Waals surface area contributed by atoms with Gasteiger partial charge in [0.05, 0.1) is 25.0 Å². The summed E-state index contributed by atoms with van der Waals surface area (Å²) in [6.07, 6.45) is 3.10. The van der Waals surface area contributed by atoms with E-state index >= 15 is 0 Å². The van der Waals surface area contributed by atoms with Crippen molar-refractivity contribution >= 4 is 23.2 Å². The topological polar surface area (TPSA) is 56.1 Å². The molecule has 2 rings (SSSR count). The molecule has 0 atom stereocenters. The van der Waals surface area contributed by atoms with E-state index in [0.717, 1.165) is 11.3 Å². The number of carbonyl (C=O) groups is 1. The lowest BCUT2D eigenvalue weighted by Crippen LogP contribution is -2.15. The molecule has 1 aromatic carbocycles. The molecule has 1 N–H and O–H groups in total. The molecule has 6 heteroatoms. The van der Waals surface area contributed by atoms with Crippen LogP contribution in [0.4, 0.5) is 5.69 Å². The second-order valence-corrected chi connectivity index (χ2v) is 4.50. The Hall–Kier alpha value is -2.01. The molecule has 5 nitrogen and oxygen atoms in total. The maximum absolute atomic E-state index is 12.1. The molecule has 1 aromatic heterocycles. The predicted octanol–water partition coefficient (Wildman–Crippen LogP) is 2.81. The zero-order chi connectivity index (χ0) is 14.5. The normalized spacial score (nSPS) is 10.3. The molecule has 106 valence electrons. The third-order valence-electron chi connectivity index (χ3n) is 2.81. The van der Waals surface area contributed by atoms with Crippen molar-refractivity contribution in [1.82, 2.24) is 9.55 Å². The van der Waals surface area contributed by atoms with Crippen LogP contribution in [0.15, 0.2) is 30.7 Å². The highest BCUT2D eigenvalue weighted by molar-refractivity contribution is 6.17. The van der Waals surface area contributed by atoms with Crippen molar-refractivity contribution in [2.24, 2.45) is 7.05 Å². The third kappa shape index (κ3) is 3.11. The summed E-state index contributed by atoms with van der Waals surface area (Å²) < 4.78 is 7.13. The van der Waals surface area contributed by atoms with E-state index in [1.165, 1.54) is 6.20 Å². The van der Waals surface area contributed by atoms with Crippen LogP contribution in [0.1, 0.15) is 23.0 Å². The Labute approximate surface area is 122 Å². The van der Waals surface area contributed by atoms with Crippen molar-refractivity contribution in [1.29, 1.82) is 0 Å². The Balaban J connectivity index is 2.18. The zero-order valence-corrected chi connectivity index (χ0v) is 12.1. The first-order valence-electron chi connectivity index (χ1n) is 6.25. The summed E-state index contributed by atoms with van der Waals surface area (Å²) >= 11 is 5.89. The summed E-state index contributed by atoms with van der Waals surface area (Å²) in [4.78, 5) is 16.0. The predicted molar refractivity (Wildman–Crippen MR) is 78.3 cm³/mol. The number of imidazole rings is 1. The van der Waals surface area contributed by atoms with Gasteiger partial charge in [0.2, 0.25) is 0 Å². The number of aryl methyl sites for hydroxylation is 1. The molecule has 0 saturated carbocycles. The van der Waals surface area contributed by atoms with Crippen LogP contribution in [0.3, 0.4) is 0 Å². The Morgan fingerprint density at radius 1 is 1.50 bits per heavy atom. The molecule has 0 radical (unpaired) electrons. The molecule has 2 aromatic rings. The van der Waals surface area contributed by atoms with E-state index in [1.54, 1.807) is 30.1 Å². The average Bonchev–Trinajstić information content (AvgIpc) is 2.87. The van der Waals surface area contributed by atoms with E-state index in [1.807, 2.05) is 13.0 Å². The molecule has 0 spiro atoms. The average molecular weight is 294 g/mol. The number of alkyl halides is 1. The van der Waals surface area contributed by atoms with Gasteiger partial charge in [-0.05, 0) is 25.1 Å². The molecule has 0 aliphatic carbocycles. The quantitative estimate of drug-likeness (QED) is 0.863. The van der Waals surface area contributed by atoms with Crippen molar-refractivity contribution in [3.8, 4) is 5.75 Å². The van der Waals surface area contributed by atoms with E-state index in [-0.39, 0.29) is 5.91 Å². The monoisotopic (exact) mass is 293 g/mol. The van der Waals surface area contributed by atoms with Crippen LogP contribution in [0.25, 0.3) is 0 Å². The second-order valence-electron chi connectivity index (χ2n) is 4.23. The lowest BCUT2D eigenvalue weighted by Gasteiger charge is -2.11. The first-order valence-corrected chi connectivity index (χ1v) is 6.78. The summed E-state index contributed by atoms with van der Waals surface area (Å²) in [5.74, 6) is 0.848. The number of halogens is 1. The minimum absolute atomic E-state index is 0.213. The number of ether oxygens (including phenoxy) is 1. The highest BCUT2D eigenvalue weighted by Crippen LogP contribution is 2.24. The molecule has 0 bridgehead atoms. The highest BCUT2D eigenvalue weighted by atomic mass is 35.5. The molecule has 0 fully saturated rings. The largest absolute Gasteiger partial charge is 0.494 e. The van der Waals surface area contributed by atoms with E-state index in [9.17, 15) is 4.79 Å². The van der Waals surface area contributed by atoms with Gasteiger partial charge in [0.15, 0.2) is 0 Å². The van der Waals surface area contributed by atoms with Crippen LogP contribution in [-0.4, -0.2) is 22.1 Å². The molecule has 0 unspecified atom stereocenters. The maximum Gasteiger partial charge on any atom is 0.273 e. The lowest BCUT2D eigenvalue weighted by molar-refractivity contribution is 0.101. The number of aromatic nitrogens is 2. The number of anilines is 1. The van der Waals surface area contributed by atoms with Crippen LogP contribution < -0.4 is 10.1 Å². The van der Waals surface area contributed by atoms with Gasteiger partial charge in [-0.25, -0.2) is 4.98 Å². The van der Waals surface area contributed by atoms with Gasteiger partial charge in [-0.3, -0.25) is 4.79 Å². The fourth-order valence-electron chi connectivity index (χ4n) is 1.83. The Morgan fingerprint density at radius 2 is 2.30 bits per heavy atom. The van der Waals surface area contributed by atoms with E-state index < -0.39 is 0 Å². The van der Waals surface area contributed by atoms with Crippen LogP contribution in [0, 0.1) is 0 Å². The van der Waals surface area contributed by atoms with Crippen LogP contribution in [0.5, 0.6) is 5.75 Å². The number of nitrogens with zero attached hydrogens (tertiary/aromatic N) is 2. The molecule has 0 saturated heterocycles. The zero-order valence-electron chi connectivity index (χ0n) is 11.4. The van der Waals surface area contributed by atoms with Crippen LogP contribution >= 0.6 is 11.6 Å². The number of rotatable bonds is 5. The summed E-state index contributed by atoms with van der Waals surface area (Å²) in [6, 6.07) is 5.40. The molecular weight excluding hydrogens is 278 g/mol. The maximum atomic E-state index is 12.1. The summed E-state index contributed by atoms with van der Waals surface area (Å²) in [7, 11) is 1.77. The Kier molecular flexibility index (Phi) is 4.63. The van der Waals surface area contributed by atoms with Gasteiger partial charge >= 0.3 is 0 Å². The number of hydrogen-bond donors (Lipinski definition) is 1. The van der Waals surface area contributed by atoms with Gasteiger partial charge in [-0.2, -0.15) is 0 Å². The van der Waals surface area contributed by atoms with E-state index in [4.69, 9.17) is 16.3 Å².